The number of nitrogens with zero attached hydrogens (tertiary/aromatic N) is 2. The summed E-state index contributed by atoms with van der Waals surface area (Å²) in [6.07, 6.45) is 2.09. The molecule has 25 heavy (non-hydrogen) atoms. The molecule has 1 aliphatic carbocycles. The summed E-state index contributed by atoms with van der Waals surface area (Å²) in [5, 5.41) is 0. The van der Waals surface area contributed by atoms with Crippen molar-refractivity contribution >= 4 is 11.9 Å². The van der Waals surface area contributed by atoms with Gasteiger partial charge < -0.3 is 4.90 Å². The molecular formula is C21H22N2O2. The van der Waals surface area contributed by atoms with E-state index in [1.54, 1.807) is 0 Å². The Bertz CT molecular complexity index is 791. The number of benzene rings is 2. The van der Waals surface area contributed by atoms with E-state index < -0.39 is 5.54 Å². The standard InChI is InChI=1S/C21H22N2O2/c1-2-12-23-20(25)22(15-16-8-4-3-5-9-16)19(24)21(23)13-17-10-6-7-11-18(17)14-21/h3-11H,2,12-15H2,1H3. The zero-order chi connectivity index (χ0) is 17.4. The van der Waals surface area contributed by atoms with Crippen molar-refractivity contribution in [1.82, 2.24) is 9.80 Å². The van der Waals surface area contributed by atoms with Crippen LogP contribution in [0.2, 0.25) is 0 Å². The molecule has 1 fully saturated rings. The summed E-state index contributed by atoms with van der Waals surface area (Å²) in [5.41, 5.74) is 2.62. The van der Waals surface area contributed by atoms with Crippen molar-refractivity contribution in [2.75, 3.05) is 6.54 Å². The minimum Gasteiger partial charge on any atom is -0.309 e. The number of hydrogen-bond acceptors (Lipinski definition) is 2. The lowest BCUT2D eigenvalue weighted by molar-refractivity contribution is -0.133. The largest absolute Gasteiger partial charge is 0.328 e. The van der Waals surface area contributed by atoms with Crippen LogP contribution in [0, 0.1) is 0 Å². The molecule has 1 spiro atoms. The third kappa shape index (κ3) is 2.44. The Kier molecular flexibility index (Phi) is 3.83. The highest BCUT2D eigenvalue weighted by Crippen LogP contribution is 2.41. The van der Waals surface area contributed by atoms with Crippen LogP contribution in [-0.4, -0.2) is 33.8 Å². The van der Waals surface area contributed by atoms with Gasteiger partial charge in [-0.1, -0.05) is 61.5 Å². The van der Waals surface area contributed by atoms with Gasteiger partial charge in [0.2, 0.25) is 0 Å². The Morgan fingerprint density at radius 1 is 0.920 bits per heavy atom. The topological polar surface area (TPSA) is 40.6 Å². The molecule has 4 nitrogen and oxygen atoms in total. The highest BCUT2D eigenvalue weighted by molar-refractivity contribution is 6.07. The number of hydrogen-bond donors (Lipinski definition) is 0. The second kappa shape index (κ2) is 6.03. The molecule has 3 amide bonds. The lowest BCUT2D eigenvalue weighted by Gasteiger charge is -2.31. The van der Waals surface area contributed by atoms with Gasteiger partial charge in [0.15, 0.2) is 0 Å². The van der Waals surface area contributed by atoms with E-state index in [4.69, 9.17) is 0 Å². The monoisotopic (exact) mass is 334 g/mol. The van der Waals surface area contributed by atoms with Gasteiger partial charge in [0.25, 0.3) is 5.91 Å². The molecule has 0 radical (unpaired) electrons. The second-order valence-electron chi connectivity index (χ2n) is 6.96. The fourth-order valence-electron chi connectivity index (χ4n) is 4.16. The van der Waals surface area contributed by atoms with Crippen molar-refractivity contribution in [3.63, 3.8) is 0 Å². The lowest BCUT2D eigenvalue weighted by Crippen LogP contribution is -2.50. The minimum atomic E-state index is -0.731. The smallest absolute Gasteiger partial charge is 0.309 e. The van der Waals surface area contributed by atoms with Crippen molar-refractivity contribution in [2.45, 2.75) is 38.3 Å². The number of carbonyl (C=O) groups is 2. The van der Waals surface area contributed by atoms with E-state index in [-0.39, 0.29) is 11.9 Å². The molecule has 1 heterocycles. The summed E-state index contributed by atoms with van der Waals surface area (Å²) < 4.78 is 0. The fourth-order valence-corrected chi connectivity index (χ4v) is 4.16. The first-order valence-electron chi connectivity index (χ1n) is 8.90. The molecule has 0 aromatic heterocycles. The van der Waals surface area contributed by atoms with Crippen LogP contribution in [0.25, 0.3) is 0 Å². The van der Waals surface area contributed by atoms with Crippen LogP contribution >= 0.6 is 0 Å². The van der Waals surface area contributed by atoms with Crippen molar-refractivity contribution in [3.05, 3.63) is 71.3 Å². The van der Waals surface area contributed by atoms with Crippen LogP contribution in [0.4, 0.5) is 4.79 Å². The summed E-state index contributed by atoms with van der Waals surface area (Å²) >= 11 is 0. The van der Waals surface area contributed by atoms with Gasteiger partial charge >= 0.3 is 6.03 Å². The van der Waals surface area contributed by atoms with Crippen LogP contribution in [0.5, 0.6) is 0 Å². The molecule has 4 rings (SSSR count). The maximum atomic E-state index is 13.4. The van der Waals surface area contributed by atoms with E-state index >= 15 is 0 Å². The van der Waals surface area contributed by atoms with E-state index in [1.165, 1.54) is 16.0 Å². The molecular weight excluding hydrogens is 312 g/mol. The molecule has 0 N–H and O–H groups in total. The summed E-state index contributed by atoms with van der Waals surface area (Å²) in [6, 6.07) is 17.7. The predicted octanol–water partition coefficient (Wildman–Crippen LogP) is 3.40. The van der Waals surface area contributed by atoms with Crippen molar-refractivity contribution in [1.29, 1.82) is 0 Å². The fraction of sp³-hybridized carbons (Fsp3) is 0.333. The number of amides is 3. The average molecular weight is 334 g/mol. The first-order chi connectivity index (χ1) is 12.2. The van der Waals surface area contributed by atoms with Crippen molar-refractivity contribution in [2.24, 2.45) is 0 Å². The summed E-state index contributed by atoms with van der Waals surface area (Å²) in [7, 11) is 0. The molecule has 4 heteroatoms. The van der Waals surface area contributed by atoms with Crippen molar-refractivity contribution < 1.29 is 9.59 Å². The first-order valence-corrected chi connectivity index (χ1v) is 8.90. The zero-order valence-corrected chi connectivity index (χ0v) is 14.4. The SMILES string of the molecule is CCCN1C(=O)N(Cc2ccccc2)C(=O)C12Cc1ccccc1C2. The van der Waals surface area contributed by atoms with Crippen LogP contribution in [0.3, 0.4) is 0 Å². The number of urea groups is 1. The Balaban J connectivity index is 1.69. The maximum Gasteiger partial charge on any atom is 0.328 e. The Hall–Kier alpha value is -2.62. The Morgan fingerprint density at radius 3 is 2.12 bits per heavy atom. The van der Waals surface area contributed by atoms with E-state index in [9.17, 15) is 9.59 Å². The molecule has 128 valence electrons. The highest BCUT2D eigenvalue weighted by Gasteiger charge is 2.58. The number of rotatable bonds is 4. The van der Waals surface area contributed by atoms with Crippen LogP contribution in [0.1, 0.15) is 30.0 Å². The van der Waals surface area contributed by atoms with Gasteiger partial charge in [0, 0.05) is 19.4 Å². The normalized spacial score (nSPS) is 18.3. The molecule has 0 atom stereocenters. The van der Waals surface area contributed by atoms with E-state index in [2.05, 4.69) is 12.1 Å². The van der Waals surface area contributed by atoms with Gasteiger partial charge in [0.05, 0.1) is 6.54 Å². The maximum absolute atomic E-state index is 13.4. The van der Waals surface area contributed by atoms with Crippen LogP contribution in [0.15, 0.2) is 54.6 Å². The Labute approximate surface area is 148 Å². The molecule has 2 aliphatic rings. The summed E-state index contributed by atoms with van der Waals surface area (Å²) in [4.78, 5) is 29.7. The zero-order valence-electron chi connectivity index (χ0n) is 14.4. The number of carbonyl (C=O) groups excluding carboxylic acids is 2. The third-order valence-corrected chi connectivity index (χ3v) is 5.34. The second-order valence-corrected chi connectivity index (χ2v) is 6.96. The number of imide groups is 1. The van der Waals surface area contributed by atoms with Gasteiger partial charge in [-0.05, 0) is 23.1 Å². The van der Waals surface area contributed by atoms with Gasteiger partial charge in [-0.2, -0.15) is 0 Å². The van der Waals surface area contributed by atoms with E-state index in [0.29, 0.717) is 25.9 Å². The molecule has 2 aromatic rings. The van der Waals surface area contributed by atoms with Crippen LogP contribution in [-0.2, 0) is 24.2 Å². The van der Waals surface area contributed by atoms with Crippen LogP contribution < -0.4 is 0 Å². The summed E-state index contributed by atoms with van der Waals surface area (Å²) in [5.74, 6) is -0.0500. The average Bonchev–Trinajstić information content (AvgIpc) is 3.11. The van der Waals surface area contributed by atoms with E-state index in [0.717, 1.165) is 12.0 Å². The predicted molar refractivity (Wildman–Crippen MR) is 96.0 cm³/mol. The van der Waals surface area contributed by atoms with Gasteiger partial charge in [-0.15, -0.1) is 0 Å². The third-order valence-electron chi connectivity index (χ3n) is 5.34. The van der Waals surface area contributed by atoms with Gasteiger partial charge in [-0.3, -0.25) is 9.69 Å². The van der Waals surface area contributed by atoms with Gasteiger partial charge in [0.1, 0.15) is 5.54 Å². The highest BCUT2D eigenvalue weighted by atomic mass is 16.2. The molecule has 2 aromatic carbocycles. The lowest BCUT2D eigenvalue weighted by atomic mass is 9.93. The number of fused-ring (bicyclic) bond motifs is 1. The molecule has 0 unspecified atom stereocenters. The molecule has 1 saturated heterocycles. The molecule has 0 bridgehead atoms. The first kappa shape index (κ1) is 15.9. The van der Waals surface area contributed by atoms with Gasteiger partial charge in [-0.25, -0.2) is 4.79 Å². The quantitative estimate of drug-likeness (QED) is 0.804. The minimum absolute atomic E-state index is 0.0500. The summed E-state index contributed by atoms with van der Waals surface area (Å²) in [6.45, 7) is 3.01. The van der Waals surface area contributed by atoms with Crippen molar-refractivity contribution in [3.8, 4) is 0 Å². The Morgan fingerprint density at radius 2 is 1.52 bits per heavy atom. The molecule has 0 saturated carbocycles. The molecule has 1 aliphatic heterocycles. The van der Waals surface area contributed by atoms with E-state index in [1.807, 2.05) is 54.3 Å².